The molecule has 0 spiro atoms. The normalized spacial score (nSPS) is 10.3. The van der Waals surface area contributed by atoms with Crippen molar-refractivity contribution in [1.29, 1.82) is 0 Å². The number of aromatic amines is 1. The second kappa shape index (κ2) is 4.14. The van der Waals surface area contributed by atoms with Gasteiger partial charge in [-0.2, -0.15) is 9.97 Å². The molecule has 0 unspecified atom stereocenters. The molecule has 1 heterocycles. The first-order valence-electron chi connectivity index (χ1n) is 4.92. The molecule has 0 aliphatic heterocycles. The van der Waals surface area contributed by atoms with Crippen molar-refractivity contribution < 1.29 is 0 Å². The number of nitrogens with two attached hydrogens (primary N) is 1. The minimum atomic E-state index is -0.462. The Hall–Kier alpha value is -2.17. The zero-order valence-corrected chi connectivity index (χ0v) is 8.90. The zero-order chi connectivity index (χ0) is 11.5. The Kier molecular flexibility index (Phi) is 2.68. The van der Waals surface area contributed by atoms with Crippen molar-refractivity contribution in [3.63, 3.8) is 0 Å². The average Bonchev–Trinajstić information content (AvgIpc) is 2.20. The van der Waals surface area contributed by atoms with Crippen LogP contribution in [0.4, 0.5) is 5.95 Å². The number of benzene rings is 1. The Morgan fingerprint density at radius 1 is 1.31 bits per heavy atom. The summed E-state index contributed by atoms with van der Waals surface area (Å²) in [5.41, 5.74) is 7.21. The maximum Gasteiger partial charge on any atom is 0.349 e. The van der Waals surface area contributed by atoms with Crippen molar-refractivity contribution in [1.82, 2.24) is 15.0 Å². The quantitative estimate of drug-likeness (QED) is 0.771. The fraction of sp³-hybridized carbons (Fsp3) is 0.182. The van der Waals surface area contributed by atoms with Crippen molar-refractivity contribution >= 4 is 5.95 Å². The molecule has 0 radical (unpaired) electrons. The molecule has 82 valence electrons. The summed E-state index contributed by atoms with van der Waals surface area (Å²) in [6.07, 6.45) is 0.550. The summed E-state index contributed by atoms with van der Waals surface area (Å²) < 4.78 is 0. The molecule has 1 aromatic heterocycles. The highest BCUT2D eigenvalue weighted by molar-refractivity contribution is 5.28. The monoisotopic (exact) mass is 216 g/mol. The second-order valence-corrected chi connectivity index (χ2v) is 3.56. The van der Waals surface area contributed by atoms with Gasteiger partial charge in [0.25, 0.3) is 0 Å². The molecule has 0 saturated carbocycles. The summed E-state index contributed by atoms with van der Waals surface area (Å²) in [4.78, 5) is 21.1. The van der Waals surface area contributed by atoms with Crippen LogP contribution in [0, 0.1) is 6.92 Å². The molecule has 0 fully saturated rings. The Labute approximate surface area is 92.4 Å². The van der Waals surface area contributed by atoms with Crippen molar-refractivity contribution in [2.24, 2.45) is 0 Å². The Morgan fingerprint density at radius 2 is 2.06 bits per heavy atom. The van der Waals surface area contributed by atoms with Gasteiger partial charge in [-0.1, -0.05) is 24.3 Å². The number of hydrogen-bond acceptors (Lipinski definition) is 4. The van der Waals surface area contributed by atoms with Gasteiger partial charge in [-0.15, -0.1) is 0 Å². The van der Waals surface area contributed by atoms with E-state index in [1.165, 1.54) is 0 Å². The van der Waals surface area contributed by atoms with Gasteiger partial charge in [-0.3, -0.25) is 4.98 Å². The lowest BCUT2D eigenvalue weighted by Gasteiger charge is -2.04. The molecule has 0 aliphatic carbocycles. The van der Waals surface area contributed by atoms with Crippen LogP contribution in [0.15, 0.2) is 29.1 Å². The van der Waals surface area contributed by atoms with Crippen LogP contribution in [0.5, 0.6) is 0 Å². The Bertz CT molecular complexity index is 562. The van der Waals surface area contributed by atoms with Crippen LogP contribution >= 0.6 is 0 Å². The molecule has 0 bridgehead atoms. The molecule has 1 aromatic carbocycles. The van der Waals surface area contributed by atoms with Gasteiger partial charge in [-0.25, -0.2) is 4.79 Å². The predicted octanol–water partition coefficient (Wildman–Crippen LogP) is 0.646. The molecule has 2 rings (SSSR count). The Balaban J connectivity index is 2.34. The Morgan fingerprint density at radius 3 is 2.75 bits per heavy atom. The van der Waals surface area contributed by atoms with Crippen molar-refractivity contribution in [2.45, 2.75) is 13.3 Å². The third kappa shape index (κ3) is 2.25. The highest BCUT2D eigenvalue weighted by atomic mass is 16.1. The maximum absolute atomic E-state index is 11.1. The van der Waals surface area contributed by atoms with E-state index >= 15 is 0 Å². The number of hydrogen-bond donors (Lipinski definition) is 2. The third-order valence-electron chi connectivity index (χ3n) is 2.34. The number of nitrogens with one attached hydrogen (secondary N) is 1. The lowest BCUT2D eigenvalue weighted by Crippen LogP contribution is -2.17. The highest BCUT2D eigenvalue weighted by Gasteiger charge is 2.03. The first-order valence-corrected chi connectivity index (χ1v) is 4.92. The first kappa shape index (κ1) is 10.4. The van der Waals surface area contributed by atoms with Gasteiger partial charge in [0, 0.05) is 6.42 Å². The van der Waals surface area contributed by atoms with Crippen molar-refractivity contribution in [2.75, 3.05) is 5.73 Å². The van der Waals surface area contributed by atoms with E-state index in [4.69, 9.17) is 5.73 Å². The molecule has 3 N–H and O–H groups in total. The standard InChI is InChI=1S/C11H12N4O/c1-7-4-2-3-5-8(7)6-9-13-10(12)15-11(16)14-9/h2-5H,6H2,1H3,(H3,12,13,14,15,16). The second-order valence-electron chi connectivity index (χ2n) is 3.56. The van der Waals surface area contributed by atoms with E-state index in [2.05, 4.69) is 15.0 Å². The summed E-state index contributed by atoms with van der Waals surface area (Å²) in [6, 6.07) is 7.92. The molecule has 0 amide bonds. The van der Waals surface area contributed by atoms with Gasteiger partial charge in [0.05, 0.1) is 0 Å². The maximum atomic E-state index is 11.1. The van der Waals surface area contributed by atoms with E-state index in [0.29, 0.717) is 12.2 Å². The summed E-state index contributed by atoms with van der Waals surface area (Å²) >= 11 is 0. The van der Waals surface area contributed by atoms with Gasteiger partial charge < -0.3 is 5.73 Å². The molecule has 5 heteroatoms. The smallest absolute Gasteiger partial charge is 0.349 e. The van der Waals surface area contributed by atoms with Gasteiger partial charge in [0.2, 0.25) is 5.95 Å². The molecular formula is C11H12N4O. The SMILES string of the molecule is Cc1ccccc1Cc1nc(N)nc(=O)[nH]1. The van der Waals surface area contributed by atoms with E-state index in [0.717, 1.165) is 11.1 Å². The summed E-state index contributed by atoms with van der Waals surface area (Å²) in [7, 11) is 0. The van der Waals surface area contributed by atoms with E-state index in [9.17, 15) is 4.79 Å². The molecule has 0 aliphatic rings. The summed E-state index contributed by atoms with van der Waals surface area (Å²) in [5, 5.41) is 0. The van der Waals surface area contributed by atoms with Crippen LogP contribution in [-0.2, 0) is 6.42 Å². The highest BCUT2D eigenvalue weighted by Crippen LogP contribution is 2.10. The molecule has 2 aromatic rings. The number of aryl methyl sites for hydroxylation is 1. The average molecular weight is 216 g/mol. The minimum Gasteiger partial charge on any atom is -0.368 e. The van der Waals surface area contributed by atoms with Crippen LogP contribution in [0.3, 0.4) is 0 Å². The largest absolute Gasteiger partial charge is 0.368 e. The van der Waals surface area contributed by atoms with Gasteiger partial charge in [-0.05, 0) is 18.1 Å². The molecule has 0 atom stereocenters. The number of nitrogens with zero attached hydrogens (tertiary/aromatic N) is 2. The lowest BCUT2D eigenvalue weighted by atomic mass is 10.1. The van der Waals surface area contributed by atoms with Crippen LogP contribution in [0.1, 0.15) is 17.0 Å². The number of anilines is 1. The van der Waals surface area contributed by atoms with Crippen LogP contribution in [0.25, 0.3) is 0 Å². The van der Waals surface area contributed by atoms with E-state index in [-0.39, 0.29) is 5.95 Å². The predicted molar refractivity (Wildman–Crippen MR) is 61.1 cm³/mol. The topological polar surface area (TPSA) is 84.7 Å². The van der Waals surface area contributed by atoms with E-state index in [1.54, 1.807) is 0 Å². The van der Waals surface area contributed by atoms with Crippen LogP contribution in [-0.4, -0.2) is 15.0 Å². The lowest BCUT2D eigenvalue weighted by molar-refractivity contribution is 0.890. The molecular weight excluding hydrogens is 204 g/mol. The minimum absolute atomic E-state index is 0.00679. The third-order valence-corrected chi connectivity index (χ3v) is 2.34. The fourth-order valence-corrected chi connectivity index (χ4v) is 1.52. The van der Waals surface area contributed by atoms with Gasteiger partial charge in [0.15, 0.2) is 0 Å². The summed E-state index contributed by atoms with van der Waals surface area (Å²) in [5.74, 6) is 0.541. The molecule has 0 saturated heterocycles. The van der Waals surface area contributed by atoms with Gasteiger partial charge >= 0.3 is 5.69 Å². The summed E-state index contributed by atoms with van der Waals surface area (Å²) in [6.45, 7) is 2.01. The van der Waals surface area contributed by atoms with Crippen LogP contribution < -0.4 is 11.4 Å². The molecule has 16 heavy (non-hydrogen) atoms. The fourth-order valence-electron chi connectivity index (χ4n) is 1.52. The number of nitrogen functional groups attached to an aromatic ring is 1. The number of rotatable bonds is 2. The van der Waals surface area contributed by atoms with Crippen LogP contribution in [0.2, 0.25) is 0 Å². The van der Waals surface area contributed by atoms with Crippen molar-refractivity contribution in [3.05, 3.63) is 51.7 Å². The van der Waals surface area contributed by atoms with Gasteiger partial charge in [0.1, 0.15) is 5.82 Å². The molecule has 5 nitrogen and oxygen atoms in total. The zero-order valence-electron chi connectivity index (χ0n) is 8.90. The number of aromatic nitrogens is 3. The number of H-pyrrole nitrogens is 1. The van der Waals surface area contributed by atoms with E-state index < -0.39 is 5.69 Å². The first-order chi connectivity index (χ1) is 7.65. The van der Waals surface area contributed by atoms with Crippen molar-refractivity contribution in [3.8, 4) is 0 Å². The van der Waals surface area contributed by atoms with E-state index in [1.807, 2.05) is 31.2 Å².